The van der Waals surface area contributed by atoms with E-state index in [1.165, 1.54) is 6.20 Å². The monoisotopic (exact) mass is 388 g/mol. The third-order valence-corrected chi connectivity index (χ3v) is 3.55. The summed E-state index contributed by atoms with van der Waals surface area (Å²) >= 11 is 12.4. The summed E-state index contributed by atoms with van der Waals surface area (Å²) in [6.07, 6.45) is 1.54. The number of anilines is 1. The Hall–Kier alpha value is -0.910. The normalized spacial score (nSPS) is 10.2. The van der Waals surface area contributed by atoms with Gasteiger partial charge in [0.1, 0.15) is 5.15 Å². The average molecular weight is 390 g/mol. The topological polar surface area (TPSA) is 42.0 Å². The maximum absolute atomic E-state index is 12.1. The van der Waals surface area contributed by atoms with Crippen molar-refractivity contribution in [3.63, 3.8) is 0 Å². The van der Waals surface area contributed by atoms with Crippen LogP contribution >= 0.6 is 43.5 Å². The molecule has 0 saturated heterocycles. The van der Waals surface area contributed by atoms with Crippen molar-refractivity contribution >= 4 is 55.1 Å². The Kier molecular flexibility index (Phi) is 4.37. The first-order valence-corrected chi connectivity index (χ1v) is 6.90. The largest absolute Gasteiger partial charge is 0.322 e. The fraction of sp³-hybridized carbons (Fsp3) is 0. The van der Waals surface area contributed by atoms with Crippen LogP contribution in [-0.4, -0.2) is 10.9 Å². The SMILES string of the molecule is O=C(Nc1ccnc(Cl)c1)c1cc(Br)ccc1Br. The van der Waals surface area contributed by atoms with Gasteiger partial charge >= 0.3 is 0 Å². The van der Waals surface area contributed by atoms with Crippen LogP contribution in [0.2, 0.25) is 5.15 Å². The zero-order chi connectivity index (χ0) is 13.1. The highest BCUT2D eigenvalue weighted by atomic mass is 79.9. The predicted octanol–water partition coefficient (Wildman–Crippen LogP) is 4.51. The number of carbonyl (C=O) groups excluding carboxylic acids is 1. The summed E-state index contributed by atoms with van der Waals surface area (Å²) in [5.74, 6) is -0.217. The van der Waals surface area contributed by atoms with Crippen LogP contribution in [-0.2, 0) is 0 Å². The van der Waals surface area contributed by atoms with Crippen molar-refractivity contribution in [2.75, 3.05) is 5.32 Å². The molecule has 0 aliphatic carbocycles. The van der Waals surface area contributed by atoms with Gasteiger partial charge in [0.05, 0.1) is 5.56 Å². The number of nitrogens with zero attached hydrogens (tertiary/aromatic N) is 1. The molecule has 0 unspecified atom stereocenters. The Bertz CT molecular complexity index is 604. The van der Waals surface area contributed by atoms with E-state index in [1.54, 1.807) is 24.3 Å². The van der Waals surface area contributed by atoms with Crippen molar-refractivity contribution in [1.29, 1.82) is 0 Å². The molecule has 92 valence electrons. The van der Waals surface area contributed by atoms with Gasteiger partial charge < -0.3 is 5.32 Å². The van der Waals surface area contributed by atoms with E-state index in [0.717, 1.165) is 8.95 Å². The van der Waals surface area contributed by atoms with Gasteiger partial charge in [-0.25, -0.2) is 4.98 Å². The number of carbonyl (C=O) groups is 1. The van der Waals surface area contributed by atoms with Crippen molar-refractivity contribution in [2.45, 2.75) is 0 Å². The number of halogens is 3. The third-order valence-electron chi connectivity index (χ3n) is 2.16. The number of rotatable bonds is 2. The Labute approximate surface area is 126 Å². The van der Waals surface area contributed by atoms with Crippen molar-refractivity contribution in [1.82, 2.24) is 4.98 Å². The van der Waals surface area contributed by atoms with E-state index in [9.17, 15) is 4.79 Å². The number of benzene rings is 1. The van der Waals surface area contributed by atoms with Gasteiger partial charge in [-0.15, -0.1) is 0 Å². The van der Waals surface area contributed by atoms with Gasteiger partial charge in [0.2, 0.25) is 0 Å². The zero-order valence-corrected chi connectivity index (χ0v) is 12.9. The molecule has 0 spiro atoms. The molecular weight excluding hydrogens is 383 g/mol. The maximum atomic E-state index is 12.1. The molecule has 1 aromatic carbocycles. The lowest BCUT2D eigenvalue weighted by Crippen LogP contribution is -2.12. The van der Waals surface area contributed by atoms with Gasteiger partial charge in [-0.3, -0.25) is 4.79 Å². The molecular formula is C12H7Br2ClN2O. The minimum absolute atomic E-state index is 0.217. The lowest BCUT2D eigenvalue weighted by atomic mass is 10.2. The second kappa shape index (κ2) is 5.82. The highest BCUT2D eigenvalue weighted by Crippen LogP contribution is 2.23. The number of amides is 1. The molecule has 0 aliphatic rings. The molecule has 18 heavy (non-hydrogen) atoms. The number of hydrogen-bond acceptors (Lipinski definition) is 2. The van der Waals surface area contributed by atoms with Gasteiger partial charge in [-0.2, -0.15) is 0 Å². The molecule has 3 nitrogen and oxygen atoms in total. The number of aromatic nitrogens is 1. The molecule has 1 N–H and O–H groups in total. The van der Waals surface area contributed by atoms with Crippen LogP contribution in [0.5, 0.6) is 0 Å². The molecule has 2 aromatic rings. The number of hydrogen-bond donors (Lipinski definition) is 1. The quantitative estimate of drug-likeness (QED) is 0.767. The molecule has 1 heterocycles. The molecule has 0 radical (unpaired) electrons. The van der Waals surface area contributed by atoms with E-state index in [1.807, 2.05) is 6.07 Å². The molecule has 1 aromatic heterocycles. The highest BCUT2D eigenvalue weighted by Gasteiger charge is 2.11. The minimum Gasteiger partial charge on any atom is -0.322 e. The summed E-state index contributed by atoms with van der Waals surface area (Å²) in [6, 6.07) is 8.66. The fourth-order valence-corrected chi connectivity index (χ4v) is 2.31. The van der Waals surface area contributed by atoms with Crippen LogP contribution in [0, 0.1) is 0 Å². The van der Waals surface area contributed by atoms with Crippen LogP contribution in [0.15, 0.2) is 45.5 Å². The van der Waals surface area contributed by atoms with Crippen molar-refractivity contribution in [3.8, 4) is 0 Å². The smallest absolute Gasteiger partial charge is 0.256 e. The van der Waals surface area contributed by atoms with Gasteiger partial charge in [0.25, 0.3) is 5.91 Å². The molecule has 0 saturated carbocycles. The molecule has 0 fully saturated rings. The number of pyridine rings is 1. The van der Waals surface area contributed by atoms with E-state index in [0.29, 0.717) is 16.4 Å². The van der Waals surface area contributed by atoms with E-state index in [2.05, 4.69) is 42.2 Å². The van der Waals surface area contributed by atoms with E-state index in [4.69, 9.17) is 11.6 Å². The van der Waals surface area contributed by atoms with Gasteiger partial charge in [-0.1, -0.05) is 27.5 Å². The second-order valence-electron chi connectivity index (χ2n) is 3.45. The number of nitrogens with one attached hydrogen (secondary N) is 1. The standard InChI is InChI=1S/C12H7Br2ClN2O/c13-7-1-2-10(14)9(5-7)12(18)17-8-3-4-16-11(15)6-8/h1-6H,(H,16,17,18). The lowest BCUT2D eigenvalue weighted by Gasteiger charge is -2.07. The average Bonchev–Trinajstić information content (AvgIpc) is 2.32. The predicted molar refractivity (Wildman–Crippen MR) is 79.0 cm³/mol. The molecule has 0 atom stereocenters. The van der Waals surface area contributed by atoms with Crippen LogP contribution in [0.1, 0.15) is 10.4 Å². The van der Waals surface area contributed by atoms with E-state index in [-0.39, 0.29) is 5.91 Å². The van der Waals surface area contributed by atoms with Crippen molar-refractivity contribution < 1.29 is 4.79 Å². The van der Waals surface area contributed by atoms with Gasteiger partial charge in [-0.05, 0) is 46.3 Å². The summed E-state index contributed by atoms with van der Waals surface area (Å²) < 4.78 is 1.56. The van der Waals surface area contributed by atoms with E-state index < -0.39 is 0 Å². The molecule has 0 bridgehead atoms. The molecule has 1 amide bonds. The molecule has 2 rings (SSSR count). The summed E-state index contributed by atoms with van der Waals surface area (Å²) in [5.41, 5.74) is 1.14. The van der Waals surface area contributed by atoms with Crippen molar-refractivity contribution in [3.05, 3.63) is 56.2 Å². The minimum atomic E-state index is -0.217. The Morgan fingerprint density at radius 3 is 2.72 bits per heavy atom. The maximum Gasteiger partial charge on any atom is 0.256 e. The highest BCUT2D eigenvalue weighted by molar-refractivity contribution is 9.11. The first kappa shape index (κ1) is 13.5. The van der Waals surface area contributed by atoms with Crippen LogP contribution in [0.3, 0.4) is 0 Å². The van der Waals surface area contributed by atoms with Crippen LogP contribution in [0.25, 0.3) is 0 Å². The molecule has 0 aliphatic heterocycles. The summed E-state index contributed by atoms with van der Waals surface area (Å²) in [6.45, 7) is 0. The zero-order valence-electron chi connectivity index (χ0n) is 8.95. The Morgan fingerprint density at radius 2 is 2.00 bits per heavy atom. The van der Waals surface area contributed by atoms with Crippen LogP contribution < -0.4 is 5.32 Å². The van der Waals surface area contributed by atoms with Crippen molar-refractivity contribution in [2.24, 2.45) is 0 Å². The van der Waals surface area contributed by atoms with Gasteiger partial charge in [0.15, 0.2) is 0 Å². The fourth-order valence-electron chi connectivity index (χ4n) is 1.35. The summed E-state index contributed by atoms with van der Waals surface area (Å²) in [7, 11) is 0. The van der Waals surface area contributed by atoms with Crippen LogP contribution in [0.4, 0.5) is 5.69 Å². The third kappa shape index (κ3) is 3.31. The van der Waals surface area contributed by atoms with Gasteiger partial charge in [0, 0.05) is 20.8 Å². The first-order valence-electron chi connectivity index (χ1n) is 4.94. The Morgan fingerprint density at radius 1 is 1.22 bits per heavy atom. The Balaban J connectivity index is 2.24. The first-order chi connectivity index (χ1) is 8.56. The lowest BCUT2D eigenvalue weighted by molar-refractivity contribution is 0.102. The summed E-state index contributed by atoms with van der Waals surface area (Å²) in [4.78, 5) is 15.9. The second-order valence-corrected chi connectivity index (χ2v) is 5.60. The summed E-state index contributed by atoms with van der Waals surface area (Å²) in [5, 5.41) is 3.09. The van der Waals surface area contributed by atoms with E-state index >= 15 is 0 Å². The molecule has 6 heteroatoms.